The minimum Gasteiger partial charge on any atom is -0.459 e. The molecule has 0 aliphatic carbocycles. The molecular weight excluding hydrogens is 214 g/mol. The zero-order chi connectivity index (χ0) is 12.8. The van der Waals surface area contributed by atoms with Gasteiger partial charge in [0, 0.05) is 0 Å². The van der Waals surface area contributed by atoms with E-state index in [1.165, 1.54) is 0 Å². The lowest BCUT2D eigenvalue weighted by Crippen LogP contribution is -2.12. The number of rotatable bonds is 3. The van der Waals surface area contributed by atoms with Crippen LogP contribution in [0.5, 0.6) is 0 Å². The van der Waals surface area contributed by atoms with Gasteiger partial charge < -0.3 is 4.74 Å². The quantitative estimate of drug-likeness (QED) is 0.455. The molecule has 0 fully saturated rings. The highest BCUT2D eigenvalue weighted by atomic mass is 16.5. The maximum Gasteiger partial charge on any atom is 0.349 e. The lowest BCUT2D eigenvalue weighted by Gasteiger charge is -2.07. The summed E-state index contributed by atoms with van der Waals surface area (Å²) >= 11 is 0. The first kappa shape index (κ1) is 13.0. The van der Waals surface area contributed by atoms with Gasteiger partial charge in [-0.3, -0.25) is 0 Å². The molecule has 88 valence electrons. The number of benzene rings is 1. The molecule has 0 aliphatic heterocycles. The second kappa shape index (κ2) is 5.86. The first-order valence-corrected chi connectivity index (χ1v) is 5.43. The van der Waals surface area contributed by atoms with Crippen molar-refractivity contribution in [1.29, 1.82) is 5.26 Å². The van der Waals surface area contributed by atoms with Gasteiger partial charge in [0.25, 0.3) is 0 Å². The normalized spacial score (nSPS) is 11.1. The van der Waals surface area contributed by atoms with E-state index in [4.69, 9.17) is 10.00 Å². The first-order valence-electron chi connectivity index (χ1n) is 5.43. The topological polar surface area (TPSA) is 50.1 Å². The number of ether oxygens (including phenoxy) is 1. The zero-order valence-electron chi connectivity index (χ0n) is 10.2. The molecule has 0 aromatic heterocycles. The highest BCUT2D eigenvalue weighted by Crippen LogP contribution is 2.13. The van der Waals surface area contributed by atoms with E-state index in [9.17, 15) is 4.79 Å². The molecule has 1 aromatic carbocycles. The predicted molar refractivity (Wildman–Crippen MR) is 66.0 cm³/mol. The SMILES string of the molecule is Cc1ccccc1/C=C(\C#N)C(=O)OC(C)C. The monoisotopic (exact) mass is 229 g/mol. The van der Waals surface area contributed by atoms with Gasteiger partial charge in [0.1, 0.15) is 11.6 Å². The molecule has 0 atom stereocenters. The smallest absolute Gasteiger partial charge is 0.349 e. The van der Waals surface area contributed by atoms with Gasteiger partial charge in [0.15, 0.2) is 0 Å². The van der Waals surface area contributed by atoms with Crippen LogP contribution in [-0.4, -0.2) is 12.1 Å². The highest BCUT2D eigenvalue weighted by molar-refractivity contribution is 5.98. The maximum absolute atomic E-state index is 11.6. The molecule has 1 aromatic rings. The summed E-state index contributed by atoms with van der Waals surface area (Å²) in [5.74, 6) is -0.578. The highest BCUT2D eigenvalue weighted by Gasteiger charge is 2.12. The Morgan fingerprint density at radius 3 is 2.59 bits per heavy atom. The van der Waals surface area contributed by atoms with Gasteiger partial charge in [-0.15, -0.1) is 0 Å². The largest absolute Gasteiger partial charge is 0.459 e. The third-order valence-corrected chi connectivity index (χ3v) is 2.17. The Morgan fingerprint density at radius 2 is 2.06 bits per heavy atom. The number of carbonyl (C=O) groups is 1. The average molecular weight is 229 g/mol. The van der Waals surface area contributed by atoms with E-state index in [1.807, 2.05) is 37.3 Å². The minimum atomic E-state index is -0.578. The van der Waals surface area contributed by atoms with Gasteiger partial charge in [-0.2, -0.15) is 5.26 Å². The number of aryl methyl sites for hydroxylation is 1. The summed E-state index contributed by atoms with van der Waals surface area (Å²) in [6, 6.07) is 9.42. The third kappa shape index (κ3) is 3.76. The number of carbonyl (C=O) groups excluding carboxylic acids is 1. The van der Waals surface area contributed by atoms with Crippen molar-refractivity contribution in [2.45, 2.75) is 26.9 Å². The molecule has 0 saturated heterocycles. The lowest BCUT2D eigenvalue weighted by atomic mass is 10.1. The van der Waals surface area contributed by atoms with Crippen LogP contribution in [0.2, 0.25) is 0 Å². The molecule has 0 unspecified atom stereocenters. The standard InChI is InChI=1S/C14H15NO2/c1-10(2)17-14(16)13(9-15)8-12-7-5-4-6-11(12)3/h4-8,10H,1-3H3/b13-8+. The fourth-order valence-corrected chi connectivity index (χ4v) is 1.32. The van der Waals surface area contributed by atoms with Crippen LogP contribution in [0.25, 0.3) is 6.08 Å². The molecule has 0 heterocycles. The molecule has 0 amide bonds. The van der Waals surface area contributed by atoms with Crippen LogP contribution in [-0.2, 0) is 9.53 Å². The summed E-state index contributed by atoms with van der Waals surface area (Å²) in [5, 5.41) is 8.94. The van der Waals surface area contributed by atoms with Gasteiger partial charge >= 0.3 is 5.97 Å². The zero-order valence-corrected chi connectivity index (χ0v) is 10.2. The van der Waals surface area contributed by atoms with Gasteiger partial charge in [-0.25, -0.2) is 4.79 Å². The summed E-state index contributed by atoms with van der Waals surface area (Å²) < 4.78 is 4.99. The van der Waals surface area contributed by atoms with E-state index in [0.29, 0.717) is 0 Å². The van der Waals surface area contributed by atoms with Crippen LogP contribution in [0.3, 0.4) is 0 Å². The summed E-state index contributed by atoms with van der Waals surface area (Å²) in [6.45, 7) is 5.43. The van der Waals surface area contributed by atoms with Crippen molar-refractivity contribution in [2.75, 3.05) is 0 Å². The molecule has 3 nitrogen and oxygen atoms in total. The Labute approximate surface area is 101 Å². The van der Waals surface area contributed by atoms with E-state index in [0.717, 1.165) is 11.1 Å². The van der Waals surface area contributed by atoms with Crippen LogP contribution in [0, 0.1) is 18.3 Å². The van der Waals surface area contributed by atoms with Crippen molar-refractivity contribution in [3.05, 3.63) is 41.0 Å². The van der Waals surface area contributed by atoms with Crippen molar-refractivity contribution in [3.8, 4) is 6.07 Å². The number of hydrogen-bond acceptors (Lipinski definition) is 3. The fraction of sp³-hybridized carbons (Fsp3) is 0.286. The summed E-state index contributed by atoms with van der Waals surface area (Å²) in [6.07, 6.45) is 1.33. The van der Waals surface area contributed by atoms with Crippen molar-refractivity contribution >= 4 is 12.0 Å². The van der Waals surface area contributed by atoms with Crippen LogP contribution in [0.1, 0.15) is 25.0 Å². The Kier molecular flexibility index (Phi) is 4.47. The average Bonchev–Trinajstić information content (AvgIpc) is 2.27. The second-order valence-corrected chi connectivity index (χ2v) is 3.98. The molecule has 0 saturated carbocycles. The summed E-state index contributed by atoms with van der Waals surface area (Å²) in [5.41, 5.74) is 1.88. The Balaban J connectivity index is 3.00. The van der Waals surface area contributed by atoms with Crippen molar-refractivity contribution in [2.24, 2.45) is 0 Å². The van der Waals surface area contributed by atoms with E-state index in [1.54, 1.807) is 19.9 Å². The predicted octanol–water partition coefficient (Wildman–Crippen LogP) is 2.85. The molecule has 1 rings (SSSR count). The fourth-order valence-electron chi connectivity index (χ4n) is 1.32. The lowest BCUT2D eigenvalue weighted by molar-refractivity contribution is -0.142. The van der Waals surface area contributed by atoms with Crippen LogP contribution in [0.15, 0.2) is 29.8 Å². The van der Waals surface area contributed by atoms with E-state index in [-0.39, 0.29) is 11.7 Å². The van der Waals surface area contributed by atoms with Crippen molar-refractivity contribution in [1.82, 2.24) is 0 Å². The van der Waals surface area contributed by atoms with Crippen LogP contribution in [0.4, 0.5) is 0 Å². The van der Waals surface area contributed by atoms with Crippen LogP contribution >= 0.6 is 0 Å². The summed E-state index contributed by atoms with van der Waals surface area (Å²) in [7, 11) is 0. The Bertz CT molecular complexity index is 481. The number of nitriles is 1. The van der Waals surface area contributed by atoms with Crippen LogP contribution < -0.4 is 0 Å². The Morgan fingerprint density at radius 1 is 1.41 bits per heavy atom. The van der Waals surface area contributed by atoms with Crippen molar-refractivity contribution in [3.63, 3.8) is 0 Å². The molecule has 0 spiro atoms. The van der Waals surface area contributed by atoms with Gasteiger partial charge in [-0.1, -0.05) is 24.3 Å². The Hall–Kier alpha value is -2.08. The van der Waals surface area contributed by atoms with E-state index < -0.39 is 5.97 Å². The molecule has 0 aliphatic rings. The first-order chi connectivity index (χ1) is 8.04. The maximum atomic E-state index is 11.6. The second-order valence-electron chi connectivity index (χ2n) is 3.98. The molecule has 0 radical (unpaired) electrons. The summed E-state index contributed by atoms with van der Waals surface area (Å²) in [4.78, 5) is 11.6. The molecule has 17 heavy (non-hydrogen) atoms. The van der Waals surface area contributed by atoms with Gasteiger partial charge in [0.2, 0.25) is 0 Å². The van der Waals surface area contributed by atoms with Gasteiger partial charge in [-0.05, 0) is 38.0 Å². The molecule has 0 bridgehead atoms. The number of esters is 1. The van der Waals surface area contributed by atoms with Gasteiger partial charge in [0.05, 0.1) is 6.10 Å². The molecular formula is C14H15NO2. The molecule has 3 heteroatoms. The minimum absolute atomic E-state index is 0.0213. The third-order valence-electron chi connectivity index (χ3n) is 2.17. The number of nitrogens with zero attached hydrogens (tertiary/aromatic N) is 1. The van der Waals surface area contributed by atoms with E-state index in [2.05, 4.69) is 0 Å². The number of hydrogen-bond donors (Lipinski definition) is 0. The van der Waals surface area contributed by atoms with Crippen molar-refractivity contribution < 1.29 is 9.53 Å². The van der Waals surface area contributed by atoms with E-state index >= 15 is 0 Å². The molecule has 0 N–H and O–H groups in total.